The van der Waals surface area contributed by atoms with Crippen molar-refractivity contribution >= 4 is 15.9 Å². The maximum absolute atomic E-state index is 12.7. The lowest BCUT2D eigenvalue weighted by molar-refractivity contribution is -0.286. The maximum atomic E-state index is 12.7. The number of halogens is 3. The first-order valence-electron chi connectivity index (χ1n) is 4.06. The summed E-state index contributed by atoms with van der Waals surface area (Å²) in [5.74, 6) is 0.255. The van der Waals surface area contributed by atoms with Gasteiger partial charge >= 0.3 is 6.29 Å². The van der Waals surface area contributed by atoms with Crippen LogP contribution in [0.1, 0.15) is 5.56 Å². The van der Waals surface area contributed by atoms with Crippen molar-refractivity contribution in [3.05, 3.63) is 23.8 Å². The number of benzene rings is 1. The lowest BCUT2D eigenvalue weighted by Gasteiger charge is -2.05. The molecule has 1 heterocycles. The highest BCUT2D eigenvalue weighted by molar-refractivity contribution is 9.09. The van der Waals surface area contributed by atoms with Gasteiger partial charge in [0.15, 0.2) is 11.5 Å². The topological polar surface area (TPSA) is 18.5 Å². The van der Waals surface area contributed by atoms with Gasteiger partial charge in [-0.15, -0.1) is 8.78 Å². The normalized spacial score (nSPS) is 17.1. The van der Waals surface area contributed by atoms with Gasteiger partial charge in [-0.3, -0.25) is 0 Å². The van der Waals surface area contributed by atoms with Crippen LogP contribution < -0.4 is 9.47 Å². The molecule has 0 bridgehead atoms. The zero-order valence-corrected chi connectivity index (χ0v) is 8.68. The third kappa shape index (κ3) is 1.68. The van der Waals surface area contributed by atoms with Crippen molar-refractivity contribution in [1.29, 1.82) is 0 Å². The minimum atomic E-state index is -3.52. The molecule has 0 saturated carbocycles. The minimum absolute atomic E-state index is 0.105. The van der Waals surface area contributed by atoms with E-state index in [2.05, 4.69) is 25.4 Å². The molecule has 0 radical (unpaired) electrons. The van der Waals surface area contributed by atoms with E-state index in [-0.39, 0.29) is 11.5 Å². The number of fused-ring (bicyclic) bond motifs is 1. The number of para-hydroxylation sites is 1. The molecule has 14 heavy (non-hydrogen) atoms. The molecule has 0 aliphatic carbocycles. The molecule has 0 saturated heterocycles. The molecule has 0 aromatic heterocycles. The van der Waals surface area contributed by atoms with Gasteiger partial charge in [0.25, 0.3) is 0 Å². The van der Waals surface area contributed by atoms with Gasteiger partial charge < -0.3 is 9.47 Å². The highest BCUT2D eigenvalue weighted by Crippen LogP contribution is 2.43. The summed E-state index contributed by atoms with van der Waals surface area (Å²) in [4.78, 5) is 0. The lowest BCUT2D eigenvalue weighted by atomic mass is 10.1. The van der Waals surface area contributed by atoms with Crippen LogP contribution in [0.3, 0.4) is 0 Å². The van der Waals surface area contributed by atoms with Gasteiger partial charge in [-0.05, 0) is 18.1 Å². The fraction of sp³-hybridized carbons (Fsp3) is 0.333. The van der Waals surface area contributed by atoms with Gasteiger partial charge in [-0.1, -0.05) is 28.1 Å². The summed E-state index contributed by atoms with van der Waals surface area (Å²) in [5.41, 5.74) is 0.719. The maximum Gasteiger partial charge on any atom is 0.586 e. The highest BCUT2D eigenvalue weighted by atomic mass is 79.9. The molecule has 76 valence electrons. The third-order valence-corrected chi connectivity index (χ3v) is 2.27. The minimum Gasteiger partial charge on any atom is -0.395 e. The largest absolute Gasteiger partial charge is 0.586 e. The highest BCUT2D eigenvalue weighted by Gasteiger charge is 2.44. The van der Waals surface area contributed by atoms with Crippen molar-refractivity contribution in [2.45, 2.75) is 12.7 Å². The SMILES string of the molecule is FC1(F)Oc2cccc(CCBr)c2O1. The van der Waals surface area contributed by atoms with Crippen molar-refractivity contribution in [3.63, 3.8) is 0 Å². The van der Waals surface area contributed by atoms with E-state index in [1.54, 1.807) is 12.1 Å². The first kappa shape index (κ1) is 9.71. The predicted molar refractivity (Wildman–Crippen MR) is 50.1 cm³/mol. The summed E-state index contributed by atoms with van der Waals surface area (Å²) >= 11 is 3.24. The molecule has 1 aromatic carbocycles. The Labute approximate surface area is 87.9 Å². The van der Waals surface area contributed by atoms with Gasteiger partial charge in [0.05, 0.1) is 0 Å². The second-order valence-electron chi connectivity index (χ2n) is 2.85. The van der Waals surface area contributed by atoms with Gasteiger partial charge in [0, 0.05) is 5.33 Å². The van der Waals surface area contributed by atoms with Gasteiger partial charge in [-0.2, -0.15) is 0 Å². The number of aryl methyl sites for hydroxylation is 1. The molecule has 1 aromatic rings. The molecule has 0 fully saturated rings. The van der Waals surface area contributed by atoms with Crippen LogP contribution in [-0.2, 0) is 6.42 Å². The van der Waals surface area contributed by atoms with E-state index < -0.39 is 6.29 Å². The molecule has 1 aliphatic rings. The van der Waals surface area contributed by atoms with E-state index in [0.717, 1.165) is 5.56 Å². The molecule has 1 aliphatic heterocycles. The average molecular weight is 265 g/mol. The zero-order chi connectivity index (χ0) is 10.2. The Morgan fingerprint density at radius 3 is 2.79 bits per heavy atom. The van der Waals surface area contributed by atoms with Gasteiger partial charge in [0.1, 0.15) is 0 Å². The Hall–Kier alpha value is -0.840. The van der Waals surface area contributed by atoms with Crippen molar-refractivity contribution in [1.82, 2.24) is 0 Å². The molecular formula is C9H7BrF2O2. The Morgan fingerprint density at radius 1 is 1.29 bits per heavy atom. The first-order chi connectivity index (χ1) is 6.62. The molecule has 0 atom stereocenters. The number of ether oxygens (including phenoxy) is 2. The van der Waals surface area contributed by atoms with Crippen LogP contribution in [0.4, 0.5) is 8.78 Å². The fourth-order valence-corrected chi connectivity index (χ4v) is 1.75. The van der Waals surface area contributed by atoms with Crippen molar-refractivity contribution in [2.75, 3.05) is 5.33 Å². The molecule has 2 rings (SSSR count). The fourth-order valence-electron chi connectivity index (χ4n) is 1.32. The molecular weight excluding hydrogens is 258 g/mol. The Balaban J connectivity index is 2.36. The molecule has 0 spiro atoms. The van der Waals surface area contributed by atoms with Crippen LogP contribution in [0.15, 0.2) is 18.2 Å². The quantitative estimate of drug-likeness (QED) is 0.765. The lowest BCUT2D eigenvalue weighted by Crippen LogP contribution is -2.26. The molecule has 2 nitrogen and oxygen atoms in total. The smallest absolute Gasteiger partial charge is 0.395 e. The van der Waals surface area contributed by atoms with Crippen molar-refractivity contribution < 1.29 is 18.3 Å². The second kappa shape index (κ2) is 3.38. The van der Waals surface area contributed by atoms with E-state index in [9.17, 15) is 8.78 Å². The van der Waals surface area contributed by atoms with Gasteiger partial charge in [0.2, 0.25) is 0 Å². The summed E-state index contributed by atoms with van der Waals surface area (Å²) in [6, 6.07) is 4.88. The standard InChI is InChI=1S/C9H7BrF2O2/c10-5-4-6-2-1-3-7-8(6)14-9(11,12)13-7/h1-3H,4-5H2. The molecule has 0 N–H and O–H groups in total. The Bertz CT molecular complexity index is 355. The molecule has 0 amide bonds. The third-order valence-electron chi connectivity index (χ3n) is 1.87. The number of hydrogen-bond donors (Lipinski definition) is 0. The van der Waals surface area contributed by atoms with Gasteiger partial charge in [-0.25, -0.2) is 0 Å². The number of rotatable bonds is 2. The monoisotopic (exact) mass is 264 g/mol. The summed E-state index contributed by atoms with van der Waals surface area (Å²) < 4.78 is 34.1. The number of hydrogen-bond acceptors (Lipinski definition) is 2. The molecule has 5 heteroatoms. The summed E-state index contributed by atoms with van der Waals surface area (Å²) in [6.07, 6.45) is -2.90. The van der Waals surface area contributed by atoms with E-state index in [1.807, 2.05) is 0 Å². The van der Waals surface area contributed by atoms with E-state index >= 15 is 0 Å². The Morgan fingerprint density at radius 2 is 2.07 bits per heavy atom. The van der Waals surface area contributed by atoms with Crippen LogP contribution in [-0.4, -0.2) is 11.6 Å². The van der Waals surface area contributed by atoms with E-state index in [4.69, 9.17) is 0 Å². The summed E-state index contributed by atoms with van der Waals surface area (Å²) in [7, 11) is 0. The average Bonchev–Trinajstić information content (AvgIpc) is 2.41. The number of alkyl halides is 3. The van der Waals surface area contributed by atoms with Crippen LogP contribution in [0.5, 0.6) is 11.5 Å². The molecule has 0 unspecified atom stereocenters. The van der Waals surface area contributed by atoms with E-state index in [1.165, 1.54) is 6.07 Å². The van der Waals surface area contributed by atoms with E-state index in [0.29, 0.717) is 11.8 Å². The van der Waals surface area contributed by atoms with Crippen LogP contribution >= 0.6 is 15.9 Å². The van der Waals surface area contributed by atoms with Crippen molar-refractivity contribution in [2.24, 2.45) is 0 Å². The van der Waals surface area contributed by atoms with Crippen LogP contribution in [0.25, 0.3) is 0 Å². The second-order valence-corrected chi connectivity index (χ2v) is 3.64. The van der Waals surface area contributed by atoms with Crippen molar-refractivity contribution in [3.8, 4) is 11.5 Å². The Kier molecular flexibility index (Phi) is 2.34. The predicted octanol–water partition coefficient (Wildman–Crippen LogP) is 2.95. The summed E-state index contributed by atoms with van der Waals surface area (Å²) in [5, 5.41) is 0.693. The zero-order valence-electron chi connectivity index (χ0n) is 7.10. The van der Waals surface area contributed by atoms with Crippen LogP contribution in [0, 0.1) is 0 Å². The van der Waals surface area contributed by atoms with Crippen LogP contribution in [0.2, 0.25) is 0 Å². The summed E-state index contributed by atoms with van der Waals surface area (Å²) in [6.45, 7) is 0. The first-order valence-corrected chi connectivity index (χ1v) is 5.18.